The van der Waals surface area contributed by atoms with Crippen LogP contribution in [0.15, 0.2) is 16.8 Å². The second-order valence-electron chi connectivity index (χ2n) is 7.35. The standard InChI is InChI=1S/C19H28N2O3S/c1-24-11-2-8-21-15-19(13-18(21)23)6-9-20(10-7-19)17(22)4-3-16-5-12-25-14-16/h5,12,14H,2-4,6-11,13,15H2,1H3. The summed E-state index contributed by atoms with van der Waals surface area (Å²) in [6.07, 6.45) is 4.86. The first-order chi connectivity index (χ1) is 12.1. The molecule has 2 amide bonds. The molecule has 0 N–H and O–H groups in total. The van der Waals surface area contributed by atoms with Gasteiger partial charge in [0.05, 0.1) is 0 Å². The Bertz CT molecular complexity index is 579. The number of carbonyl (C=O) groups is 2. The van der Waals surface area contributed by atoms with Gasteiger partial charge in [-0.1, -0.05) is 0 Å². The molecule has 2 fully saturated rings. The van der Waals surface area contributed by atoms with E-state index in [1.54, 1.807) is 18.4 Å². The molecule has 1 spiro atoms. The minimum Gasteiger partial charge on any atom is -0.385 e. The second kappa shape index (κ2) is 8.32. The molecule has 3 rings (SSSR count). The zero-order valence-electron chi connectivity index (χ0n) is 15.0. The number of hydrogen-bond donors (Lipinski definition) is 0. The van der Waals surface area contributed by atoms with Crippen molar-refractivity contribution in [1.82, 2.24) is 9.80 Å². The van der Waals surface area contributed by atoms with E-state index >= 15 is 0 Å². The summed E-state index contributed by atoms with van der Waals surface area (Å²) in [5.74, 6) is 0.524. The van der Waals surface area contributed by atoms with E-state index in [9.17, 15) is 9.59 Å². The van der Waals surface area contributed by atoms with Crippen LogP contribution in [0.3, 0.4) is 0 Å². The summed E-state index contributed by atoms with van der Waals surface area (Å²) in [6, 6.07) is 2.09. The Kier molecular flexibility index (Phi) is 6.12. The summed E-state index contributed by atoms with van der Waals surface area (Å²) in [6.45, 7) is 3.93. The van der Waals surface area contributed by atoms with E-state index in [4.69, 9.17) is 4.74 Å². The lowest BCUT2D eigenvalue weighted by Crippen LogP contribution is -2.44. The van der Waals surface area contributed by atoms with Crippen molar-refractivity contribution in [1.29, 1.82) is 0 Å². The van der Waals surface area contributed by atoms with Crippen molar-refractivity contribution in [3.8, 4) is 0 Å². The molecule has 0 radical (unpaired) electrons. The topological polar surface area (TPSA) is 49.9 Å². The number of piperidine rings is 1. The fraction of sp³-hybridized carbons (Fsp3) is 0.684. The number of nitrogens with zero attached hydrogens (tertiary/aromatic N) is 2. The van der Waals surface area contributed by atoms with Crippen LogP contribution in [-0.2, 0) is 20.7 Å². The fourth-order valence-corrected chi connectivity index (χ4v) is 4.70. The first kappa shape index (κ1) is 18.4. The molecule has 0 bridgehead atoms. The van der Waals surface area contributed by atoms with Gasteiger partial charge in [-0.25, -0.2) is 0 Å². The minimum atomic E-state index is 0.0916. The van der Waals surface area contributed by atoms with Crippen LogP contribution in [0.4, 0.5) is 0 Å². The summed E-state index contributed by atoms with van der Waals surface area (Å²) < 4.78 is 5.08. The third kappa shape index (κ3) is 4.61. The van der Waals surface area contributed by atoms with Gasteiger partial charge in [-0.3, -0.25) is 9.59 Å². The van der Waals surface area contributed by atoms with E-state index in [0.29, 0.717) is 19.4 Å². The lowest BCUT2D eigenvalue weighted by atomic mass is 9.77. The zero-order chi connectivity index (χ0) is 17.7. The Hall–Kier alpha value is -1.40. The smallest absolute Gasteiger partial charge is 0.223 e. The molecular formula is C19H28N2O3S. The average molecular weight is 365 g/mol. The van der Waals surface area contributed by atoms with Gasteiger partial charge in [0.2, 0.25) is 11.8 Å². The highest BCUT2D eigenvalue weighted by Crippen LogP contribution is 2.41. The first-order valence-electron chi connectivity index (χ1n) is 9.17. The molecule has 25 heavy (non-hydrogen) atoms. The highest BCUT2D eigenvalue weighted by Gasteiger charge is 2.45. The summed E-state index contributed by atoms with van der Waals surface area (Å²) in [7, 11) is 1.69. The third-order valence-electron chi connectivity index (χ3n) is 5.57. The van der Waals surface area contributed by atoms with Crippen molar-refractivity contribution in [2.45, 2.75) is 38.5 Å². The Morgan fingerprint density at radius 2 is 2.16 bits per heavy atom. The highest BCUT2D eigenvalue weighted by molar-refractivity contribution is 7.07. The van der Waals surface area contributed by atoms with Crippen molar-refractivity contribution in [3.63, 3.8) is 0 Å². The summed E-state index contributed by atoms with van der Waals surface area (Å²) in [5, 5.41) is 4.17. The molecular weight excluding hydrogens is 336 g/mol. The molecule has 1 aromatic heterocycles. The first-order valence-corrected chi connectivity index (χ1v) is 10.1. The molecule has 0 aromatic carbocycles. The predicted octanol–water partition coefficient (Wildman–Crippen LogP) is 2.56. The third-order valence-corrected chi connectivity index (χ3v) is 6.30. The van der Waals surface area contributed by atoms with Crippen molar-refractivity contribution < 1.29 is 14.3 Å². The van der Waals surface area contributed by atoms with Crippen molar-refractivity contribution in [2.24, 2.45) is 5.41 Å². The van der Waals surface area contributed by atoms with Crippen LogP contribution < -0.4 is 0 Å². The van der Waals surface area contributed by atoms with Gasteiger partial charge in [-0.15, -0.1) is 0 Å². The molecule has 2 aliphatic rings. The summed E-state index contributed by atoms with van der Waals surface area (Å²) in [4.78, 5) is 28.7. The number of likely N-dealkylation sites (tertiary alicyclic amines) is 2. The minimum absolute atomic E-state index is 0.0916. The lowest BCUT2D eigenvalue weighted by molar-refractivity contribution is -0.133. The Morgan fingerprint density at radius 3 is 2.84 bits per heavy atom. The van der Waals surface area contributed by atoms with E-state index in [-0.39, 0.29) is 17.2 Å². The molecule has 3 heterocycles. The Labute approximate surface area is 153 Å². The van der Waals surface area contributed by atoms with E-state index in [1.807, 2.05) is 9.80 Å². The maximum Gasteiger partial charge on any atom is 0.223 e. The number of thiophene rings is 1. The molecule has 1 aromatic rings. The normalized spacial score (nSPS) is 19.8. The van der Waals surface area contributed by atoms with Crippen molar-refractivity contribution >= 4 is 23.2 Å². The molecule has 5 nitrogen and oxygen atoms in total. The van der Waals surface area contributed by atoms with Crippen LogP contribution in [0.2, 0.25) is 0 Å². The fourth-order valence-electron chi connectivity index (χ4n) is 3.99. The highest BCUT2D eigenvalue weighted by atomic mass is 32.1. The van der Waals surface area contributed by atoms with Gasteiger partial charge in [0.15, 0.2) is 0 Å². The predicted molar refractivity (Wildman–Crippen MR) is 98.6 cm³/mol. The van der Waals surface area contributed by atoms with Crippen LogP contribution in [0, 0.1) is 5.41 Å². The number of hydrogen-bond acceptors (Lipinski definition) is 4. The van der Waals surface area contributed by atoms with E-state index < -0.39 is 0 Å². The van der Waals surface area contributed by atoms with Gasteiger partial charge in [0, 0.05) is 58.2 Å². The summed E-state index contributed by atoms with van der Waals surface area (Å²) in [5.41, 5.74) is 1.34. The molecule has 0 unspecified atom stereocenters. The lowest BCUT2D eigenvalue weighted by Gasteiger charge is -2.39. The van der Waals surface area contributed by atoms with E-state index in [2.05, 4.69) is 16.8 Å². The van der Waals surface area contributed by atoms with Crippen LogP contribution in [-0.4, -0.2) is 61.5 Å². The number of carbonyl (C=O) groups excluding carboxylic acids is 2. The molecule has 0 saturated carbocycles. The second-order valence-corrected chi connectivity index (χ2v) is 8.13. The van der Waals surface area contributed by atoms with Crippen molar-refractivity contribution in [3.05, 3.63) is 22.4 Å². The Balaban J connectivity index is 1.45. The number of ether oxygens (including phenoxy) is 1. The Morgan fingerprint density at radius 1 is 1.36 bits per heavy atom. The average Bonchev–Trinajstić information content (AvgIpc) is 3.22. The summed E-state index contributed by atoms with van der Waals surface area (Å²) >= 11 is 1.68. The number of amides is 2. The van der Waals surface area contributed by atoms with Crippen LogP contribution in [0.1, 0.15) is 37.7 Å². The van der Waals surface area contributed by atoms with Crippen molar-refractivity contribution in [2.75, 3.05) is 39.9 Å². The molecule has 6 heteroatoms. The van der Waals surface area contributed by atoms with Crippen LogP contribution in [0.25, 0.3) is 0 Å². The number of methoxy groups -OCH3 is 1. The molecule has 2 saturated heterocycles. The monoisotopic (exact) mass is 364 g/mol. The van der Waals surface area contributed by atoms with Gasteiger partial charge in [0.1, 0.15) is 0 Å². The molecule has 0 atom stereocenters. The maximum absolute atomic E-state index is 12.4. The molecule has 2 aliphatic heterocycles. The van der Waals surface area contributed by atoms with Gasteiger partial charge in [0.25, 0.3) is 0 Å². The van der Waals surface area contributed by atoms with Gasteiger partial charge >= 0.3 is 0 Å². The van der Waals surface area contributed by atoms with Gasteiger partial charge < -0.3 is 14.5 Å². The molecule has 138 valence electrons. The number of rotatable bonds is 7. The quantitative estimate of drug-likeness (QED) is 0.699. The van der Waals surface area contributed by atoms with Gasteiger partial charge in [-0.05, 0) is 48.1 Å². The largest absolute Gasteiger partial charge is 0.385 e. The van der Waals surface area contributed by atoms with Crippen LogP contribution in [0.5, 0.6) is 0 Å². The van der Waals surface area contributed by atoms with E-state index in [0.717, 1.165) is 51.9 Å². The van der Waals surface area contributed by atoms with Gasteiger partial charge in [-0.2, -0.15) is 11.3 Å². The number of aryl methyl sites for hydroxylation is 1. The molecule has 0 aliphatic carbocycles. The van der Waals surface area contributed by atoms with E-state index in [1.165, 1.54) is 5.56 Å². The zero-order valence-corrected chi connectivity index (χ0v) is 15.9. The maximum atomic E-state index is 12.4. The van der Waals surface area contributed by atoms with Crippen LogP contribution >= 0.6 is 11.3 Å². The SMILES string of the molecule is COCCCN1CC2(CCN(C(=O)CCc3ccsc3)CC2)CC1=O.